The number of para-hydroxylation sites is 1. The maximum absolute atomic E-state index is 13.1. The number of Topliss-reactive ketones (excluding diaryl/α,β-unsaturated/α-hetero) is 1. The summed E-state index contributed by atoms with van der Waals surface area (Å²) in [7, 11) is 0. The van der Waals surface area contributed by atoms with Crippen molar-refractivity contribution in [1.82, 2.24) is 15.3 Å². The second-order valence-corrected chi connectivity index (χ2v) is 9.44. The minimum absolute atomic E-state index is 0.0884. The molecular formula is C24H22N4O3S2. The highest BCUT2D eigenvalue weighted by atomic mass is 32.2. The number of anilines is 1. The standard InChI is InChI=1S/C24H22N4O3S2/c1-3-25-18(29)13-32-24-27-20(15-9-5-4-6-10-15)23(33-24)28-22(31)21(30)19-14(2)26-17-12-8-7-11-16(17)19/h4-12,26H,3,13H2,1-2H3,(H,25,29)(H,28,31). The Morgan fingerprint density at radius 3 is 2.55 bits per heavy atom. The first-order valence-corrected chi connectivity index (χ1v) is 12.2. The predicted octanol–water partition coefficient (Wildman–Crippen LogP) is 4.65. The van der Waals surface area contributed by atoms with Gasteiger partial charge in [-0.2, -0.15) is 0 Å². The minimum Gasteiger partial charge on any atom is -0.358 e. The highest BCUT2D eigenvalue weighted by molar-refractivity contribution is 8.01. The van der Waals surface area contributed by atoms with Crippen molar-refractivity contribution in [2.75, 3.05) is 17.6 Å². The van der Waals surface area contributed by atoms with E-state index in [0.717, 1.165) is 11.1 Å². The van der Waals surface area contributed by atoms with Crippen molar-refractivity contribution in [3.8, 4) is 11.3 Å². The first kappa shape index (κ1) is 22.8. The summed E-state index contributed by atoms with van der Waals surface area (Å²) in [6.07, 6.45) is 0. The van der Waals surface area contributed by atoms with Gasteiger partial charge in [-0.25, -0.2) is 4.98 Å². The highest BCUT2D eigenvalue weighted by Gasteiger charge is 2.25. The Balaban J connectivity index is 1.61. The van der Waals surface area contributed by atoms with Crippen LogP contribution in [-0.2, 0) is 9.59 Å². The monoisotopic (exact) mass is 478 g/mol. The number of thiazole rings is 1. The summed E-state index contributed by atoms with van der Waals surface area (Å²) in [6.45, 7) is 4.20. The molecule has 0 spiro atoms. The molecule has 0 aliphatic rings. The molecule has 0 atom stereocenters. The number of nitrogens with one attached hydrogen (secondary N) is 3. The molecule has 0 saturated carbocycles. The van der Waals surface area contributed by atoms with E-state index in [1.165, 1.54) is 23.1 Å². The van der Waals surface area contributed by atoms with Crippen LogP contribution in [-0.4, -0.2) is 39.9 Å². The first-order chi connectivity index (χ1) is 16.0. The topological polar surface area (TPSA) is 104 Å². The smallest absolute Gasteiger partial charge is 0.297 e. The van der Waals surface area contributed by atoms with Gasteiger partial charge in [-0.1, -0.05) is 71.6 Å². The van der Waals surface area contributed by atoms with Gasteiger partial charge in [0.1, 0.15) is 10.7 Å². The van der Waals surface area contributed by atoms with Gasteiger partial charge in [-0.05, 0) is 19.9 Å². The number of aromatic amines is 1. The van der Waals surface area contributed by atoms with Crippen molar-refractivity contribution in [2.45, 2.75) is 18.2 Å². The molecule has 33 heavy (non-hydrogen) atoms. The molecule has 0 fully saturated rings. The van der Waals surface area contributed by atoms with Crippen LogP contribution in [0.2, 0.25) is 0 Å². The van der Waals surface area contributed by atoms with Gasteiger partial charge < -0.3 is 15.6 Å². The summed E-state index contributed by atoms with van der Waals surface area (Å²) in [5.74, 6) is -1.22. The number of rotatable bonds is 8. The van der Waals surface area contributed by atoms with Crippen LogP contribution in [0.15, 0.2) is 58.9 Å². The minimum atomic E-state index is -0.732. The molecule has 0 aliphatic heterocycles. The van der Waals surface area contributed by atoms with Gasteiger partial charge in [0.2, 0.25) is 5.91 Å². The number of H-pyrrole nitrogens is 1. The third-order valence-electron chi connectivity index (χ3n) is 4.91. The number of hydrogen-bond acceptors (Lipinski definition) is 6. The molecule has 0 radical (unpaired) electrons. The van der Waals surface area contributed by atoms with Crippen molar-refractivity contribution in [1.29, 1.82) is 0 Å². The molecule has 4 aromatic rings. The molecule has 2 heterocycles. The summed E-state index contributed by atoms with van der Waals surface area (Å²) >= 11 is 2.53. The number of carbonyl (C=O) groups is 3. The fourth-order valence-electron chi connectivity index (χ4n) is 3.46. The largest absolute Gasteiger partial charge is 0.358 e. The molecule has 0 saturated heterocycles. The molecule has 9 heteroatoms. The zero-order chi connectivity index (χ0) is 23.4. The van der Waals surface area contributed by atoms with Crippen LogP contribution in [0.5, 0.6) is 0 Å². The SMILES string of the molecule is CCNC(=O)CSc1nc(-c2ccccc2)c(NC(=O)C(=O)c2c(C)[nH]c3ccccc23)s1. The average Bonchev–Trinajstić information content (AvgIpc) is 3.37. The van der Waals surface area contributed by atoms with Gasteiger partial charge in [-0.3, -0.25) is 14.4 Å². The Morgan fingerprint density at radius 2 is 1.79 bits per heavy atom. The van der Waals surface area contributed by atoms with Crippen molar-refractivity contribution in [3.05, 3.63) is 65.9 Å². The lowest BCUT2D eigenvalue weighted by atomic mass is 10.1. The number of ketones is 1. The third kappa shape index (κ3) is 4.99. The average molecular weight is 479 g/mol. The molecule has 2 aromatic heterocycles. The lowest BCUT2D eigenvalue weighted by Crippen LogP contribution is -2.24. The van der Waals surface area contributed by atoms with Crippen molar-refractivity contribution in [2.24, 2.45) is 0 Å². The number of aromatic nitrogens is 2. The first-order valence-electron chi connectivity index (χ1n) is 10.4. The van der Waals surface area contributed by atoms with Gasteiger partial charge in [0.25, 0.3) is 11.7 Å². The van der Waals surface area contributed by atoms with Crippen LogP contribution in [0.25, 0.3) is 22.2 Å². The number of carbonyl (C=O) groups excluding carboxylic acids is 3. The number of aryl methyl sites for hydroxylation is 1. The summed E-state index contributed by atoms with van der Waals surface area (Å²) in [4.78, 5) is 45.7. The van der Waals surface area contributed by atoms with Gasteiger partial charge >= 0.3 is 0 Å². The van der Waals surface area contributed by atoms with E-state index in [9.17, 15) is 14.4 Å². The molecule has 0 bridgehead atoms. The molecule has 3 N–H and O–H groups in total. The lowest BCUT2D eigenvalue weighted by Gasteiger charge is -2.05. The van der Waals surface area contributed by atoms with Crippen molar-refractivity contribution < 1.29 is 14.4 Å². The van der Waals surface area contributed by atoms with Crippen molar-refractivity contribution in [3.63, 3.8) is 0 Å². The van der Waals surface area contributed by atoms with Crippen LogP contribution in [0.3, 0.4) is 0 Å². The number of thioether (sulfide) groups is 1. The quantitative estimate of drug-likeness (QED) is 0.194. The maximum atomic E-state index is 13.1. The summed E-state index contributed by atoms with van der Waals surface area (Å²) in [6, 6.07) is 16.8. The van der Waals surface area contributed by atoms with Crippen LogP contribution < -0.4 is 10.6 Å². The zero-order valence-corrected chi connectivity index (χ0v) is 19.7. The lowest BCUT2D eigenvalue weighted by molar-refractivity contribution is -0.118. The highest BCUT2D eigenvalue weighted by Crippen LogP contribution is 2.37. The molecular weight excluding hydrogens is 456 g/mol. The predicted molar refractivity (Wildman–Crippen MR) is 133 cm³/mol. The van der Waals surface area contributed by atoms with Gasteiger partial charge in [0, 0.05) is 28.7 Å². The Labute approximate surface area is 199 Å². The van der Waals surface area contributed by atoms with E-state index in [-0.39, 0.29) is 11.7 Å². The van der Waals surface area contributed by atoms with Crippen molar-refractivity contribution >= 4 is 56.6 Å². The van der Waals surface area contributed by atoms with Crippen LogP contribution in [0, 0.1) is 6.92 Å². The second kappa shape index (κ2) is 10.0. The van der Waals surface area contributed by atoms with E-state index in [1.807, 2.05) is 61.5 Å². The van der Waals surface area contributed by atoms with E-state index >= 15 is 0 Å². The van der Waals surface area contributed by atoms with Gasteiger partial charge in [0.15, 0.2) is 4.34 Å². The molecule has 0 unspecified atom stereocenters. The number of hydrogen-bond donors (Lipinski definition) is 3. The maximum Gasteiger partial charge on any atom is 0.297 e. The summed E-state index contributed by atoms with van der Waals surface area (Å²) in [5, 5.41) is 6.69. The zero-order valence-electron chi connectivity index (χ0n) is 18.1. The number of nitrogens with zero attached hydrogens (tertiary/aromatic N) is 1. The number of fused-ring (bicyclic) bond motifs is 1. The Morgan fingerprint density at radius 1 is 1.06 bits per heavy atom. The van der Waals surface area contributed by atoms with Gasteiger partial charge in [-0.15, -0.1) is 0 Å². The van der Waals surface area contributed by atoms with Crippen LogP contribution in [0.4, 0.5) is 5.00 Å². The summed E-state index contributed by atoms with van der Waals surface area (Å²) < 4.78 is 0.631. The number of benzene rings is 2. The molecule has 4 rings (SSSR count). The fraction of sp³-hybridized carbons (Fsp3) is 0.167. The molecule has 168 valence electrons. The fourth-order valence-corrected chi connectivity index (χ4v) is 5.35. The second-order valence-electron chi connectivity index (χ2n) is 7.22. The third-order valence-corrected chi connectivity index (χ3v) is 7.02. The Kier molecular flexibility index (Phi) is 6.90. The van der Waals surface area contributed by atoms with Crippen LogP contribution >= 0.6 is 23.1 Å². The number of amides is 2. The molecule has 2 aromatic carbocycles. The Hall–Kier alpha value is -3.43. The van der Waals surface area contributed by atoms with E-state index in [1.54, 1.807) is 6.92 Å². The van der Waals surface area contributed by atoms with E-state index < -0.39 is 11.7 Å². The Bertz CT molecular complexity index is 1330. The van der Waals surface area contributed by atoms with E-state index in [4.69, 9.17) is 0 Å². The summed E-state index contributed by atoms with van der Waals surface area (Å²) in [5.41, 5.74) is 3.18. The van der Waals surface area contributed by atoms with E-state index in [2.05, 4.69) is 20.6 Å². The van der Waals surface area contributed by atoms with Crippen LogP contribution in [0.1, 0.15) is 23.0 Å². The van der Waals surface area contributed by atoms with E-state index in [0.29, 0.717) is 38.2 Å². The normalized spacial score (nSPS) is 10.8. The van der Waals surface area contributed by atoms with Gasteiger partial charge in [0.05, 0.1) is 11.3 Å². The molecule has 0 aliphatic carbocycles. The molecule has 7 nitrogen and oxygen atoms in total. The molecule has 2 amide bonds.